The molecule has 1 atom stereocenters. The second-order valence-corrected chi connectivity index (χ2v) is 8.48. The fraction of sp³-hybridized carbons (Fsp3) is 0.500. The van der Waals surface area contributed by atoms with E-state index in [4.69, 9.17) is 0 Å². The molecule has 0 bridgehead atoms. The summed E-state index contributed by atoms with van der Waals surface area (Å²) in [6, 6.07) is 7.18. The monoisotopic (exact) mass is 338 g/mol. The van der Waals surface area contributed by atoms with E-state index in [0.717, 1.165) is 5.56 Å². The number of carbonyl (C=O) groups is 2. The Kier molecular flexibility index (Phi) is 5.41. The summed E-state index contributed by atoms with van der Waals surface area (Å²) in [5.74, 6) is -0.367. The molecule has 0 unspecified atom stereocenters. The SMILES string of the molecule is CC(C)c1ccc(C(=O)NNC(=O)C[C@@H]2CCS(=O)(=O)C2)cc1. The summed E-state index contributed by atoms with van der Waals surface area (Å²) >= 11 is 0. The molecule has 0 aromatic heterocycles. The number of rotatable bonds is 4. The van der Waals surface area contributed by atoms with E-state index in [2.05, 4.69) is 24.7 Å². The van der Waals surface area contributed by atoms with E-state index in [1.54, 1.807) is 12.1 Å². The maximum atomic E-state index is 11.9. The number of carbonyl (C=O) groups excluding carboxylic acids is 2. The second kappa shape index (κ2) is 7.12. The van der Waals surface area contributed by atoms with Crippen molar-refractivity contribution < 1.29 is 18.0 Å². The molecule has 2 rings (SSSR count). The Bertz CT molecular complexity index is 681. The van der Waals surface area contributed by atoms with Crippen molar-refractivity contribution in [3.05, 3.63) is 35.4 Å². The highest BCUT2D eigenvalue weighted by molar-refractivity contribution is 7.91. The van der Waals surface area contributed by atoms with Crippen molar-refractivity contribution in [2.45, 2.75) is 32.6 Å². The highest BCUT2D eigenvalue weighted by atomic mass is 32.2. The van der Waals surface area contributed by atoms with Gasteiger partial charge in [-0.2, -0.15) is 0 Å². The Balaban J connectivity index is 1.81. The zero-order valence-corrected chi connectivity index (χ0v) is 14.2. The van der Waals surface area contributed by atoms with Gasteiger partial charge in [-0.05, 0) is 36.0 Å². The van der Waals surface area contributed by atoms with Crippen LogP contribution in [0.3, 0.4) is 0 Å². The van der Waals surface area contributed by atoms with Crippen LogP contribution in [-0.4, -0.2) is 31.7 Å². The Morgan fingerprint density at radius 1 is 1.17 bits per heavy atom. The predicted molar refractivity (Wildman–Crippen MR) is 87.5 cm³/mol. The Morgan fingerprint density at radius 3 is 2.35 bits per heavy atom. The highest BCUT2D eigenvalue weighted by Crippen LogP contribution is 2.21. The Morgan fingerprint density at radius 2 is 1.83 bits per heavy atom. The van der Waals surface area contributed by atoms with Crippen LogP contribution in [0.5, 0.6) is 0 Å². The molecule has 6 nitrogen and oxygen atoms in total. The Hall–Kier alpha value is -1.89. The summed E-state index contributed by atoms with van der Waals surface area (Å²) in [5, 5.41) is 0. The third-order valence-corrected chi connectivity index (χ3v) is 5.79. The molecule has 1 aliphatic heterocycles. The molecular weight excluding hydrogens is 316 g/mol. The van der Waals surface area contributed by atoms with Crippen molar-refractivity contribution >= 4 is 21.7 Å². The molecule has 0 aliphatic carbocycles. The fourth-order valence-electron chi connectivity index (χ4n) is 2.56. The van der Waals surface area contributed by atoms with Gasteiger partial charge in [-0.25, -0.2) is 8.42 Å². The molecular formula is C16H22N2O4S. The maximum Gasteiger partial charge on any atom is 0.269 e. The van der Waals surface area contributed by atoms with E-state index in [-0.39, 0.29) is 29.8 Å². The van der Waals surface area contributed by atoms with Crippen LogP contribution in [0.4, 0.5) is 0 Å². The quantitative estimate of drug-likeness (QED) is 0.812. The molecule has 1 heterocycles. The molecule has 0 saturated carbocycles. The molecule has 7 heteroatoms. The van der Waals surface area contributed by atoms with Crippen LogP contribution in [0, 0.1) is 5.92 Å². The summed E-state index contributed by atoms with van der Waals surface area (Å²) < 4.78 is 22.7. The van der Waals surface area contributed by atoms with Crippen LogP contribution < -0.4 is 10.9 Å². The van der Waals surface area contributed by atoms with Crippen LogP contribution in [0.25, 0.3) is 0 Å². The third kappa shape index (κ3) is 5.06. The lowest BCUT2D eigenvalue weighted by atomic mass is 10.0. The van der Waals surface area contributed by atoms with Gasteiger partial charge < -0.3 is 0 Å². The summed E-state index contributed by atoms with van der Waals surface area (Å²) in [5.41, 5.74) is 6.28. The first kappa shape index (κ1) is 17.5. The first-order valence-corrected chi connectivity index (χ1v) is 9.48. The van der Waals surface area contributed by atoms with E-state index in [9.17, 15) is 18.0 Å². The minimum Gasteiger partial charge on any atom is -0.273 e. The van der Waals surface area contributed by atoms with Crippen LogP contribution >= 0.6 is 0 Å². The summed E-state index contributed by atoms with van der Waals surface area (Å²) in [6.07, 6.45) is 0.603. The normalized spacial score (nSPS) is 19.5. The molecule has 1 aromatic rings. The van der Waals surface area contributed by atoms with Crippen molar-refractivity contribution in [2.75, 3.05) is 11.5 Å². The summed E-state index contributed by atoms with van der Waals surface area (Å²) in [6.45, 7) is 4.14. The predicted octanol–water partition coefficient (Wildman–Crippen LogP) is 1.40. The first-order valence-electron chi connectivity index (χ1n) is 7.66. The van der Waals surface area contributed by atoms with E-state index < -0.39 is 15.7 Å². The van der Waals surface area contributed by atoms with Crippen molar-refractivity contribution in [3.8, 4) is 0 Å². The van der Waals surface area contributed by atoms with Crippen molar-refractivity contribution in [3.63, 3.8) is 0 Å². The van der Waals surface area contributed by atoms with Crippen molar-refractivity contribution in [1.82, 2.24) is 10.9 Å². The molecule has 1 fully saturated rings. The van der Waals surface area contributed by atoms with Gasteiger partial charge in [-0.3, -0.25) is 20.4 Å². The minimum atomic E-state index is -2.99. The molecule has 23 heavy (non-hydrogen) atoms. The maximum absolute atomic E-state index is 11.9. The molecule has 0 spiro atoms. The molecule has 126 valence electrons. The number of hydrogen-bond acceptors (Lipinski definition) is 4. The number of hydrogen-bond donors (Lipinski definition) is 2. The standard InChI is InChI=1S/C16H22N2O4S/c1-11(2)13-3-5-14(6-4-13)16(20)18-17-15(19)9-12-7-8-23(21,22)10-12/h3-6,11-12H,7-10H2,1-2H3,(H,17,19)(H,18,20)/t12-/m0/s1. The van der Waals surface area contributed by atoms with E-state index in [0.29, 0.717) is 17.9 Å². The fourth-order valence-corrected chi connectivity index (χ4v) is 4.43. The van der Waals surface area contributed by atoms with Crippen molar-refractivity contribution in [2.24, 2.45) is 5.92 Å². The average Bonchev–Trinajstić information content (AvgIpc) is 2.83. The molecule has 1 saturated heterocycles. The zero-order valence-electron chi connectivity index (χ0n) is 13.3. The van der Waals surface area contributed by atoms with Crippen molar-refractivity contribution in [1.29, 1.82) is 0 Å². The van der Waals surface area contributed by atoms with Gasteiger partial charge in [0.15, 0.2) is 9.84 Å². The largest absolute Gasteiger partial charge is 0.273 e. The Labute approximate surface area is 136 Å². The van der Waals surface area contributed by atoms with Crippen LogP contribution in [0.15, 0.2) is 24.3 Å². The molecule has 0 radical (unpaired) electrons. The number of sulfone groups is 1. The van der Waals surface area contributed by atoms with Gasteiger partial charge in [0.1, 0.15) is 0 Å². The summed E-state index contributed by atoms with van der Waals surface area (Å²) in [7, 11) is -2.99. The topological polar surface area (TPSA) is 92.3 Å². The van der Waals surface area contributed by atoms with E-state index in [1.165, 1.54) is 0 Å². The van der Waals surface area contributed by atoms with E-state index >= 15 is 0 Å². The summed E-state index contributed by atoms with van der Waals surface area (Å²) in [4.78, 5) is 23.7. The lowest BCUT2D eigenvalue weighted by Gasteiger charge is -2.11. The van der Waals surface area contributed by atoms with Gasteiger partial charge in [-0.1, -0.05) is 26.0 Å². The lowest BCUT2D eigenvalue weighted by molar-refractivity contribution is -0.122. The molecule has 1 aromatic carbocycles. The molecule has 1 aliphatic rings. The number of nitrogens with one attached hydrogen (secondary N) is 2. The lowest BCUT2D eigenvalue weighted by Crippen LogP contribution is -2.42. The molecule has 2 N–H and O–H groups in total. The zero-order chi connectivity index (χ0) is 17.0. The van der Waals surface area contributed by atoms with Crippen LogP contribution in [0.2, 0.25) is 0 Å². The highest BCUT2D eigenvalue weighted by Gasteiger charge is 2.29. The average molecular weight is 338 g/mol. The minimum absolute atomic E-state index is 0.0467. The van der Waals surface area contributed by atoms with Crippen LogP contribution in [-0.2, 0) is 14.6 Å². The number of hydrazine groups is 1. The van der Waals surface area contributed by atoms with Gasteiger partial charge in [0.05, 0.1) is 11.5 Å². The smallest absolute Gasteiger partial charge is 0.269 e. The third-order valence-electron chi connectivity index (χ3n) is 3.96. The van der Waals surface area contributed by atoms with Gasteiger partial charge in [0, 0.05) is 12.0 Å². The first-order chi connectivity index (χ1) is 10.8. The van der Waals surface area contributed by atoms with Crippen LogP contribution in [0.1, 0.15) is 48.5 Å². The van der Waals surface area contributed by atoms with E-state index in [1.807, 2.05) is 12.1 Å². The van der Waals surface area contributed by atoms with Gasteiger partial charge in [0.25, 0.3) is 5.91 Å². The second-order valence-electron chi connectivity index (χ2n) is 6.25. The number of amides is 2. The van der Waals surface area contributed by atoms with Gasteiger partial charge in [-0.15, -0.1) is 0 Å². The van der Waals surface area contributed by atoms with Gasteiger partial charge >= 0.3 is 0 Å². The number of benzene rings is 1. The van der Waals surface area contributed by atoms with Gasteiger partial charge in [0.2, 0.25) is 5.91 Å². The molecule has 2 amide bonds.